The van der Waals surface area contributed by atoms with Crippen molar-refractivity contribution in [1.29, 1.82) is 0 Å². The van der Waals surface area contributed by atoms with Crippen molar-refractivity contribution in [2.24, 2.45) is 0 Å². The van der Waals surface area contributed by atoms with Gasteiger partial charge in [-0.1, -0.05) is 40.0 Å². The molecule has 0 rings (SSSR count). The average Bonchev–Trinajstić information content (AvgIpc) is 2.53. The first-order chi connectivity index (χ1) is 10.7. The van der Waals surface area contributed by atoms with Gasteiger partial charge in [0.15, 0.2) is 0 Å². The van der Waals surface area contributed by atoms with Crippen LogP contribution in [-0.2, 0) is 14.2 Å². The quantitative estimate of drug-likeness (QED) is 0.428. The molecular formula is C17H36O5. The standard InChI is InChI=1S/C17H36O5/c1-4-7-10-20-14-15(19)17(22-12-9-6-3)16(13-18)21-11-8-5-2/h15-19H,4-14H2,1-3H3/t15-,16?,17-/m1/s1. The minimum Gasteiger partial charge on any atom is -0.394 e. The summed E-state index contributed by atoms with van der Waals surface area (Å²) in [5, 5.41) is 19.9. The van der Waals surface area contributed by atoms with Crippen LogP contribution in [0.3, 0.4) is 0 Å². The van der Waals surface area contributed by atoms with Crippen molar-refractivity contribution in [3.05, 3.63) is 0 Å². The van der Waals surface area contributed by atoms with Gasteiger partial charge in [0.25, 0.3) is 0 Å². The Morgan fingerprint density at radius 2 is 1.36 bits per heavy atom. The molecule has 0 fully saturated rings. The highest BCUT2D eigenvalue weighted by Gasteiger charge is 2.29. The molecule has 0 bridgehead atoms. The predicted molar refractivity (Wildman–Crippen MR) is 88.1 cm³/mol. The van der Waals surface area contributed by atoms with Gasteiger partial charge in [0.1, 0.15) is 18.3 Å². The molecule has 2 N–H and O–H groups in total. The number of ether oxygens (including phenoxy) is 3. The third kappa shape index (κ3) is 10.5. The van der Waals surface area contributed by atoms with Gasteiger partial charge in [-0.15, -0.1) is 0 Å². The number of hydrogen-bond donors (Lipinski definition) is 2. The van der Waals surface area contributed by atoms with Crippen LogP contribution in [0.2, 0.25) is 0 Å². The molecule has 1 unspecified atom stereocenters. The maximum atomic E-state index is 10.3. The van der Waals surface area contributed by atoms with Crippen molar-refractivity contribution in [3.8, 4) is 0 Å². The van der Waals surface area contributed by atoms with Gasteiger partial charge < -0.3 is 24.4 Å². The summed E-state index contributed by atoms with van der Waals surface area (Å²) in [6.45, 7) is 8.08. The van der Waals surface area contributed by atoms with Gasteiger partial charge in [-0.25, -0.2) is 0 Å². The summed E-state index contributed by atoms with van der Waals surface area (Å²) in [6.07, 6.45) is 4.11. The van der Waals surface area contributed by atoms with Gasteiger partial charge in [-0.3, -0.25) is 0 Å². The number of unbranched alkanes of at least 4 members (excludes halogenated alkanes) is 3. The summed E-state index contributed by atoms with van der Waals surface area (Å²) >= 11 is 0. The average molecular weight is 320 g/mol. The molecule has 5 heteroatoms. The Labute approximate surface area is 136 Å². The summed E-state index contributed by atoms with van der Waals surface area (Å²) in [4.78, 5) is 0. The minimum absolute atomic E-state index is 0.160. The van der Waals surface area contributed by atoms with Crippen molar-refractivity contribution < 1.29 is 24.4 Å². The van der Waals surface area contributed by atoms with Crippen molar-refractivity contribution in [2.75, 3.05) is 33.0 Å². The van der Waals surface area contributed by atoms with Gasteiger partial charge in [-0.2, -0.15) is 0 Å². The topological polar surface area (TPSA) is 68.2 Å². The van der Waals surface area contributed by atoms with E-state index in [1.54, 1.807) is 0 Å². The molecule has 0 heterocycles. The largest absolute Gasteiger partial charge is 0.394 e. The molecule has 0 aliphatic carbocycles. The molecule has 3 atom stereocenters. The fourth-order valence-corrected chi connectivity index (χ4v) is 2.01. The first-order valence-electron chi connectivity index (χ1n) is 8.81. The normalized spacial score (nSPS) is 15.7. The lowest BCUT2D eigenvalue weighted by atomic mass is 10.1. The molecule has 0 aromatic rings. The monoisotopic (exact) mass is 320 g/mol. The minimum atomic E-state index is -0.785. The molecule has 0 saturated carbocycles. The van der Waals surface area contributed by atoms with Crippen LogP contribution in [0.15, 0.2) is 0 Å². The zero-order chi connectivity index (χ0) is 16.6. The Morgan fingerprint density at radius 3 is 1.91 bits per heavy atom. The van der Waals surface area contributed by atoms with E-state index in [9.17, 15) is 10.2 Å². The molecule has 0 aliphatic rings. The Balaban J connectivity index is 4.40. The molecular weight excluding hydrogens is 284 g/mol. The van der Waals surface area contributed by atoms with Crippen LogP contribution in [0.4, 0.5) is 0 Å². The summed E-state index contributed by atoms with van der Waals surface area (Å²) in [5.41, 5.74) is 0. The SMILES string of the molecule is CCCCOC[C@@H](O)[C@@H](OCCCC)C(CO)OCCCC. The molecule has 0 aliphatic heterocycles. The lowest BCUT2D eigenvalue weighted by molar-refractivity contribution is -0.149. The number of aliphatic hydroxyl groups is 2. The molecule has 0 aromatic carbocycles. The van der Waals surface area contributed by atoms with Crippen LogP contribution in [0.25, 0.3) is 0 Å². The van der Waals surface area contributed by atoms with E-state index >= 15 is 0 Å². The second kappa shape index (κ2) is 15.7. The van der Waals surface area contributed by atoms with Crippen LogP contribution >= 0.6 is 0 Å². The maximum Gasteiger partial charge on any atom is 0.114 e. The van der Waals surface area contributed by atoms with Crippen molar-refractivity contribution in [2.45, 2.75) is 77.6 Å². The third-order valence-corrected chi connectivity index (χ3v) is 3.49. The van der Waals surface area contributed by atoms with Gasteiger partial charge in [0, 0.05) is 19.8 Å². The lowest BCUT2D eigenvalue weighted by Crippen LogP contribution is -2.45. The van der Waals surface area contributed by atoms with Crippen molar-refractivity contribution >= 4 is 0 Å². The highest BCUT2D eigenvalue weighted by Crippen LogP contribution is 2.12. The predicted octanol–water partition coefficient (Wildman–Crippen LogP) is 2.53. The highest BCUT2D eigenvalue weighted by molar-refractivity contribution is 4.78. The maximum absolute atomic E-state index is 10.3. The molecule has 22 heavy (non-hydrogen) atoms. The van der Waals surface area contributed by atoms with Gasteiger partial charge >= 0.3 is 0 Å². The Bertz CT molecular complexity index is 225. The first-order valence-corrected chi connectivity index (χ1v) is 8.81. The van der Waals surface area contributed by atoms with E-state index in [1.807, 2.05) is 0 Å². The van der Waals surface area contributed by atoms with Crippen LogP contribution in [0, 0.1) is 0 Å². The van der Waals surface area contributed by atoms with Gasteiger partial charge in [0.2, 0.25) is 0 Å². The summed E-state index contributed by atoms with van der Waals surface area (Å²) in [7, 11) is 0. The summed E-state index contributed by atoms with van der Waals surface area (Å²) in [5.74, 6) is 0. The molecule has 0 aromatic heterocycles. The fraction of sp³-hybridized carbons (Fsp3) is 1.00. The fourth-order valence-electron chi connectivity index (χ4n) is 2.01. The lowest BCUT2D eigenvalue weighted by Gasteiger charge is -2.30. The first kappa shape index (κ1) is 21.8. The molecule has 5 nitrogen and oxygen atoms in total. The molecule has 0 radical (unpaired) electrons. The van der Waals surface area contributed by atoms with Crippen LogP contribution in [0.5, 0.6) is 0 Å². The molecule has 0 saturated heterocycles. The zero-order valence-electron chi connectivity index (χ0n) is 14.6. The van der Waals surface area contributed by atoms with Crippen molar-refractivity contribution in [3.63, 3.8) is 0 Å². The second-order valence-corrected chi connectivity index (χ2v) is 5.63. The molecule has 0 spiro atoms. The van der Waals surface area contributed by atoms with Crippen molar-refractivity contribution in [1.82, 2.24) is 0 Å². The van der Waals surface area contributed by atoms with E-state index in [1.165, 1.54) is 0 Å². The highest BCUT2D eigenvalue weighted by atomic mass is 16.6. The second-order valence-electron chi connectivity index (χ2n) is 5.63. The third-order valence-electron chi connectivity index (χ3n) is 3.49. The van der Waals surface area contributed by atoms with E-state index in [4.69, 9.17) is 14.2 Å². The number of aliphatic hydroxyl groups excluding tert-OH is 2. The smallest absolute Gasteiger partial charge is 0.114 e. The Kier molecular flexibility index (Phi) is 15.5. The number of hydrogen-bond acceptors (Lipinski definition) is 5. The van der Waals surface area contributed by atoms with E-state index in [2.05, 4.69) is 20.8 Å². The van der Waals surface area contributed by atoms with E-state index in [-0.39, 0.29) is 13.2 Å². The van der Waals surface area contributed by atoms with Crippen LogP contribution in [-0.4, -0.2) is 61.6 Å². The van der Waals surface area contributed by atoms with Crippen LogP contribution < -0.4 is 0 Å². The Morgan fingerprint density at radius 1 is 0.818 bits per heavy atom. The van der Waals surface area contributed by atoms with E-state index < -0.39 is 18.3 Å². The molecule has 134 valence electrons. The molecule has 0 amide bonds. The van der Waals surface area contributed by atoms with E-state index in [0.717, 1.165) is 38.5 Å². The summed E-state index contributed by atoms with van der Waals surface area (Å²) in [6, 6.07) is 0. The van der Waals surface area contributed by atoms with E-state index in [0.29, 0.717) is 19.8 Å². The van der Waals surface area contributed by atoms with Gasteiger partial charge in [-0.05, 0) is 19.3 Å². The summed E-state index contributed by atoms with van der Waals surface area (Å²) < 4.78 is 16.9. The van der Waals surface area contributed by atoms with Gasteiger partial charge in [0.05, 0.1) is 13.2 Å². The Hall–Kier alpha value is -0.200. The number of rotatable bonds is 16. The van der Waals surface area contributed by atoms with Crippen LogP contribution in [0.1, 0.15) is 59.3 Å². The zero-order valence-corrected chi connectivity index (χ0v) is 14.6.